The molecule has 1 aromatic heterocycles. The van der Waals surface area contributed by atoms with Gasteiger partial charge in [0, 0.05) is 36.8 Å². The van der Waals surface area contributed by atoms with Crippen molar-refractivity contribution in [2.75, 3.05) is 26.2 Å². The van der Waals surface area contributed by atoms with Gasteiger partial charge in [0.2, 0.25) is 0 Å². The molecule has 0 saturated carbocycles. The van der Waals surface area contributed by atoms with E-state index in [2.05, 4.69) is 34.0 Å². The molecule has 18 heavy (non-hydrogen) atoms. The van der Waals surface area contributed by atoms with Gasteiger partial charge < -0.3 is 0 Å². The van der Waals surface area contributed by atoms with Gasteiger partial charge in [-0.25, -0.2) is 4.98 Å². The van der Waals surface area contributed by atoms with Gasteiger partial charge in [-0.05, 0) is 33.2 Å². The summed E-state index contributed by atoms with van der Waals surface area (Å²) in [5.74, 6) is 0. The van der Waals surface area contributed by atoms with Crippen molar-refractivity contribution in [3.8, 4) is 0 Å². The lowest BCUT2D eigenvalue weighted by Crippen LogP contribution is -2.55. The van der Waals surface area contributed by atoms with Crippen LogP contribution in [-0.4, -0.2) is 47.0 Å². The van der Waals surface area contributed by atoms with Gasteiger partial charge in [-0.3, -0.25) is 9.80 Å². The Kier molecular flexibility index (Phi) is 3.68. The monoisotopic (exact) mass is 265 g/mol. The fraction of sp³-hybridized carbons (Fsp3) is 0.786. The molecule has 0 spiro atoms. The topological polar surface area (TPSA) is 19.4 Å². The summed E-state index contributed by atoms with van der Waals surface area (Å²) in [6.07, 6.45) is 4.21. The third kappa shape index (κ3) is 2.46. The fourth-order valence-electron chi connectivity index (χ4n) is 3.25. The Morgan fingerprint density at radius 1 is 1.33 bits per heavy atom. The number of nitrogens with zero attached hydrogens (tertiary/aromatic N) is 3. The minimum absolute atomic E-state index is 0.493. The molecule has 2 fully saturated rings. The van der Waals surface area contributed by atoms with Crippen LogP contribution in [0.15, 0.2) is 5.38 Å². The van der Waals surface area contributed by atoms with Crippen LogP contribution in [0, 0.1) is 6.92 Å². The predicted octanol–water partition coefficient (Wildman–Crippen LogP) is 2.68. The van der Waals surface area contributed by atoms with E-state index in [1.54, 1.807) is 0 Å². The summed E-state index contributed by atoms with van der Waals surface area (Å²) in [4.78, 5) is 9.98. The average Bonchev–Trinajstić information content (AvgIpc) is 2.84. The van der Waals surface area contributed by atoms with Crippen molar-refractivity contribution in [3.63, 3.8) is 0 Å². The Bertz CT molecular complexity index is 403. The van der Waals surface area contributed by atoms with E-state index >= 15 is 0 Å². The van der Waals surface area contributed by atoms with E-state index in [1.807, 2.05) is 11.3 Å². The van der Waals surface area contributed by atoms with Crippen molar-refractivity contribution in [2.24, 2.45) is 0 Å². The number of aryl methyl sites for hydroxylation is 1. The zero-order valence-electron chi connectivity index (χ0n) is 11.4. The molecule has 100 valence electrons. The van der Waals surface area contributed by atoms with Crippen LogP contribution in [0.4, 0.5) is 0 Å². The van der Waals surface area contributed by atoms with Gasteiger partial charge in [0.1, 0.15) is 5.01 Å². The van der Waals surface area contributed by atoms with Gasteiger partial charge in [-0.15, -0.1) is 11.3 Å². The number of thiazole rings is 1. The molecule has 2 aliphatic rings. The normalized spacial score (nSPS) is 28.0. The number of hydrogen-bond donors (Lipinski definition) is 0. The maximum Gasteiger partial charge on any atom is 0.110 e. The molecule has 0 radical (unpaired) electrons. The zero-order chi connectivity index (χ0) is 12.5. The number of piperidine rings is 1. The van der Waals surface area contributed by atoms with Crippen molar-refractivity contribution in [3.05, 3.63) is 16.1 Å². The molecule has 0 aromatic carbocycles. The molecule has 2 atom stereocenters. The van der Waals surface area contributed by atoms with Gasteiger partial charge in [0.15, 0.2) is 0 Å². The zero-order valence-corrected chi connectivity index (χ0v) is 12.2. The Morgan fingerprint density at radius 2 is 2.22 bits per heavy atom. The number of rotatable bonds is 2. The smallest absolute Gasteiger partial charge is 0.110 e. The Hall–Kier alpha value is -0.450. The van der Waals surface area contributed by atoms with Crippen LogP contribution in [0.3, 0.4) is 0 Å². The van der Waals surface area contributed by atoms with Crippen LogP contribution >= 0.6 is 11.3 Å². The minimum Gasteiger partial charge on any atom is -0.298 e. The third-order valence-corrected chi connectivity index (χ3v) is 5.54. The molecule has 0 aliphatic carbocycles. The van der Waals surface area contributed by atoms with Crippen LogP contribution in [0.2, 0.25) is 0 Å². The van der Waals surface area contributed by atoms with E-state index in [9.17, 15) is 0 Å². The lowest BCUT2D eigenvalue weighted by molar-refractivity contribution is 0.0307. The molecule has 2 saturated heterocycles. The van der Waals surface area contributed by atoms with Crippen LogP contribution < -0.4 is 0 Å². The number of hydrogen-bond acceptors (Lipinski definition) is 4. The summed E-state index contributed by atoms with van der Waals surface area (Å²) in [7, 11) is 0. The summed E-state index contributed by atoms with van der Waals surface area (Å²) in [5.41, 5.74) is 1.16. The molecule has 3 nitrogen and oxygen atoms in total. The maximum absolute atomic E-state index is 4.65. The Labute approximate surface area is 114 Å². The van der Waals surface area contributed by atoms with Gasteiger partial charge in [-0.1, -0.05) is 6.42 Å². The van der Waals surface area contributed by atoms with Gasteiger partial charge in [-0.2, -0.15) is 0 Å². The summed E-state index contributed by atoms with van der Waals surface area (Å²) in [6.45, 7) is 9.42. The first-order valence-electron chi connectivity index (χ1n) is 7.14. The number of piperazine rings is 1. The lowest BCUT2D eigenvalue weighted by Gasteiger charge is -2.45. The van der Waals surface area contributed by atoms with Gasteiger partial charge >= 0.3 is 0 Å². The Morgan fingerprint density at radius 3 is 3.00 bits per heavy atom. The summed E-state index contributed by atoms with van der Waals surface area (Å²) >= 11 is 1.81. The van der Waals surface area contributed by atoms with Crippen LogP contribution in [-0.2, 0) is 0 Å². The van der Waals surface area contributed by atoms with Gasteiger partial charge in [0.05, 0.1) is 6.04 Å². The standard InChI is InChI=1S/C14H23N3S/c1-11-10-18-14(15-11)12(2)17-8-7-16-6-4-3-5-13(16)9-17/h10,12-13H,3-9H2,1-2H3. The fourth-order valence-corrected chi connectivity index (χ4v) is 4.14. The second kappa shape index (κ2) is 5.27. The summed E-state index contributed by atoms with van der Waals surface area (Å²) in [6, 6.07) is 1.30. The van der Waals surface area contributed by atoms with Gasteiger partial charge in [0.25, 0.3) is 0 Å². The van der Waals surface area contributed by atoms with E-state index in [4.69, 9.17) is 0 Å². The molecule has 2 unspecified atom stereocenters. The van der Waals surface area contributed by atoms with E-state index in [0.717, 1.165) is 11.7 Å². The highest BCUT2D eigenvalue weighted by atomic mass is 32.1. The van der Waals surface area contributed by atoms with Crippen molar-refractivity contribution >= 4 is 11.3 Å². The predicted molar refractivity (Wildman–Crippen MR) is 76.1 cm³/mol. The van der Waals surface area contributed by atoms with Crippen molar-refractivity contribution in [2.45, 2.75) is 45.2 Å². The molecule has 1 aromatic rings. The van der Waals surface area contributed by atoms with E-state index in [0.29, 0.717) is 6.04 Å². The molecule has 0 bridgehead atoms. The lowest BCUT2D eigenvalue weighted by atomic mass is 9.99. The second-order valence-electron chi connectivity index (χ2n) is 5.68. The van der Waals surface area contributed by atoms with Crippen molar-refractivity contribution in [1.29, 1.82) is 0 Å². The first-order chi connectivity index (χ1) is 8.74. The van der Waals surface area contributed by atoms with Crippen molar-refractivity contribution < 1.29 is 0 Å². The van der Waals surface area contributed by atoms with E-state index in [1.165, 1.54) is 50.4 Å². The number of aromatic nitrogens is 1. The van der Waals surface area contributed by atoms with Crippen LogP contribution in [0.25, 0.3) is 0 Å². The highest BCUT2D eigenvalue weighted by Crippen LogP contribution is 2.28. The minimum atomic E-state index is 0.493. The maximum atomic E-state index is 4.65. The SMILES string of the molecule is Cc1csc(C(C)N2CCN3CCCCC3C2)n1. The van der Waals surface area contributed by atoms with Crippen LogP contribution in [0.1, 0.15) is 42.9 Å². The molecule has 2 aliphatic heterocycles. The molecular weight excluding hydrogens is 242 g/mol. The largest absolute Gasteiger partial charge is 0.298 e. The summed E-state index contributed by atoms with van der Waals surface area (Å²) in [5, 5.41) is 3.46. The highest BCUT2D eigenvalue weighted by molar-refractivity contribution is 7.09. The summed E-state index contributed by atoms with van der Waals surface area (Å²) < 4.78 is 0. The third-order valence-electron chi connectivity index (χ3n) is 4.41. The highest BCUT2D eigenvalue weighted by Gasteiger charge is 2.31. The quantitative estimate of drug-likeness (QED) is 0.819. The van der Waals surface area contributed by atoms with Crippen molar-refractivity contribution in [1.82, 2.24) is 14.8 Å². The molecule has 4 heteroatoms. The molecule has 0 amide bonds. The Balaban J connectivity index is 1.66. The molecular formula is C14H23N3S. The molecule has 3 rings (SSSR count). The first-order valence-corrected chi connectivity index (χ1v) is 8.02. The first kappa shape index (κ1) is 12.6. The van der Waals surface area contributed by atoms with E-state index in [-0.39, 0.29) is 0 Å². The van der Waals surface area contributed by atoms with Crippen LogP contribution in [0.5, 0.6) is 0 Å². The molecule has 3 heterocycles. The average molecular weight is 265 g/mol. The van der Waals surface area contributed by atoms with E-state index < -0.39 is 0 Å². The number of fused-ring (bicyclic) bond motifs is 1. The molecule has 0 N–H and O–H groups in total. The second-order valence-corrected chi connectivity index (χ2v) is 6.57.